The zero-order valence-corrected chi connectivity index (χ0v) is 15.1. The Morgan fingerprint density at radius 2 is 1.78 bits per heavy atom. The molecule has 2 heterocycles. The maximum absolute atomic E-state index is 12.3. The summed E-state index contributed by atoms with van der Waals surface area (Å²) < 4.78 is 11.3. The summed E-state index contributed by atoms with van der Waals surface area (Å²) >= 11 is 0. The molecule has 0 saturated carbocycles. The number of rotatable bonds is 6. The number of hydrogen-bond acceptors (Lipinski definition) is 4. The third kappa shape index (κ3) is 4.01. The maximum atomic E-state index is 12.3. The molecule has 1 aliphatic heterocycles. The third-order valence-electron chi connectivity index (χ3n) is 4.75. The Labute approximate surface area is 158 Å². The molecule has 4 nitrogen and oxygen atoms in total. The number of ether oxygens (including phenoxy) is 1. The van der Waals surface area contributed by atoms with E-state index in [1.54, 1.807) is 6.08 Å². The molecule has 136 valence electrons. The molecule has 0 saturated heterocycles. The van der Waals surface area contributed by atoms with Crippen LogP contribution in [0.25, 0.3) is 6.08 Å². The molecule has 0 atom stereocenters. The number of benzene rings is 2. The number of fused-ring (bicyclic) bond motifs is 1. The summed E-state index contributed by atoms with van der Waals surface area (Å²) in [5.41, 5.74) is 4.55. The van der Waals surface area contributed by atoms with Gasteiger partial charge in [-0.1, -0.05) is 61.2 Å². The minimum Gasteiger partial charge on any atom is -0.482 e. The van der Waals surface area contributed by atoms with E-state index in [1.807, 2.05) is 24.3 Å². The van der Waals surface area contributed by atoms with E-state index >= 15 is 0 Å². The summed E-state index contributed by atoms with van der Waals surface area (Å²) in [5, 5.41) is 0. The normalized spacial score (nSPS) is 13.3. The van der Waals surface area contributed by atoms with Gasteiger partial charge in [0.1, 0.15) is 18.6 Å². The molecule has 1 aliphatic rings. The first-order valence-electron chi connectivity index (χ1n) is 8.96. The Balaban J connectivity index is 1.38. The lowest BCUT2D eigenvalue weighted by Gasteiger charge is -2.14. The van der Waals surface area contributed by atoms with Crippen molar-refractivity contribution in [2.45, 2.75) is 26.2 Å². The summed E-state index contributed by atoms with van der Waals surface area (Å²) in [7, 11) is 0. The van der Waals surface area contributed by atoms with Gasteiger partial charge in [0, 0.05) is 19.2 Å². The van der Waals surface area contributed by atoms with Crippen LogP contribution in [-0.2, 0) is 26.2 Å². The van der Waals surface area contributed by atoms with Crippen molar-refractivity contribution in [2.24, 2.45) is 0 Å². The molecule has 0 spiro atoms. The van der Waals surface area contributed by atoms with E-state index in [1.165, 1.54) is 23.5 Å². The third-order valence-corrected chi connectivity index (χ3v) is 4.75. The largest absolute Gasteiger partial charge is 0.482 e. The average molecular weight is 359 g/mol. The maximum Gasteiger partial charge on any atom is 0.227 e. The van der Waals surface area contributed by atoms with Crippen molar-refractivity contribution >= 4 is 6.08 Å². The van der Waals surface area contributed by atoms with E-state index in [4.69, 9.17) is 9.15 Å². The van der Waals surface area contributed by atoms with Gasteiger partial charge in [0.15, 0.2) is 0 Å². The molecule has 3 aromatic rings. The monoisotopic (exact) mass is 359 g/mol. The fraction of sp³-hybridized carbons (Fsp3) is 0.174. The van der Waals surface area contributed by atoms with E-state index in [2.05, 4.69) is 35.7 Å². The van der Waals surface area contributed by atoms with Crippen molar-refractivity contribution in [3.8, 4) is 5.75 Å². The van der Waals surface area contributed by atoms with Crippen LogP contribution >= 0.6 is 0 Å². The summed E-state index contributed by atoms with van der Waals surface area (Å²) in [6, 6.07) is 17.8. The van der Waals surface area contributed by atoms with Crippen LogP contribution in [0.5, 0.6) is 5.75 Å². The zero-order chi connectivity index (χ0) is 18.6. The molecule has 0 N–H and O–H groups in total. The molecular weight excluding hydrogens is 338 g/mol. The van der Waals surface area contributed by atoms with Crippen LogP contribution in [-0.4, -0.2) is 4.90 Å². The Kier molecular flexibility index (Phi) is 4.90. The molecule has 0 amide bonds. The second-order valence-corrected chi connectivity index (χ2v) is 6.72. The van der Waals surface area contributed by atoms with E-state index in [9.17, 15) is 4.79 Å². The van der Waals surface area contributed by atoms with E-state index in [0.717, 1.165) is 24.2 Å². The van der Waals surface area contributed by atoms with Crippen molar-refractivity contribution in [2.75, 3.05) is 0 Å². The van der Waals surface area contributed by atoms with Gasteiger partial charge in [-0.05, 0) is 22.3 Å². The molecule has 0 aliphatic carbocycles. The average Bonchev–Trinajstić information content (AvgIpc) is 3.10. The van der Waals surface area contributed by atoms with Crippen LogP contribution < -0.4 is 10.2 Å². The first kappa shape index (κ1) is 17.3. The van der Waals surface area contributed by atoms with Crippen molar-refractivity contribution < 1.29 is 9.15 Å². The Hall–Kier alpha value is -3.11. The second-order valence-electron chi connectivity index (χ2n) is 6.72. The van der Waals surface area contributed by atoms with Crippen molar-refractivity contribution in [1.82, 2.24) is 4.90 Å². The minimum atomic E-state index is -0.157. The highest BCUT2D eigenvalue weighted by molar-refractivity contribution is 5.47. The van der Waals surface area contributed by atoms with Crippen molar-refractivity contribution in [1.29, 1.82) is 0 Å². The van der Waals surface area contributed by atoms with Gasteiger partial charge in [-0.15, -0.1) is 0 Å². The van der Waals surface area contributed by atoms with Gasteiger partial charge in [-0.3, -0.25) is 9.69 Å². The SMILES string of the molecule is C=Cc1ccc(COc2coc(CN3Cc4ccccc4C3)cc2=O)cc1. The number of hydrogen-bond donors (Lipinski definition) is 0. The lowest BCUT2D eigenvalue weighted by atomic mass is 10.1. The number of nitrogens with zero attached hydrogens (tertiary/aromatic N) is 1. The fourth-order valence-electron chi connectivity index (χ4n) is 3.27. The minimum absolute atomic E-state index is 0.157. The van der Waals surface area contributed by atoms with E-state index in [0.29, 0.717) is 18.9 Å². The summed E-state index contributed by atoms with van der Waals surface area (Å²) in [4.78, 5) is 14.6. The van der Waals surface area contributed by atoms with Crippen LogP contribution in [0.3, 0.4) is 0 Å². The first-order valence-corrected chi connectivity index (χ1v) is 8.96. The molecule has 0 bridgehead atoms. The molecular formula is C23H21NO3. The van der Waals surface area contributed by atoms with Gasteiger partial charge < -0.3 is 9.15 Å². The van der Waals surface area contributed by atoms with Crippen LogP contribution in [0.1, 0.15) is 28.0 Å². The van der Waals surface area contributed by atoms with Gasteiger partial charge in [0.05, 0.1) is 6.54 Å². The van der Waals surface area contributed by atoms with Crippen molar-refractivity contribution in [3.05, 3.63) is 106 Å². The molecule has 2 aromatic carbocycles. The summed E-state index contributed by atoms with van der Waals surface area (Å²) in [6.45, 7) is 6.41. The highest BCUT2D eigenvalue weighted by Crippen LogP contribution is 2.24. The predicted molar refractivity (Wildman–Crippen MR) is 105 cm³/mol. The van der Waals surface area contributed by atoms with Crippen LogP contribution in [0, 0.1) is 0 Å². The smallest absolute Gasteiger partial charge is 0.227 e. The van der Waals surface area contributed by atoms with Gasteiger partial charge in [0.25, 0.3) is 0 Å². The van der Waals surface area contributed by atoms with Gasteiger partial charge in [-0.25, -0.2) is 0 Å². The highest BCUT2D eigenvalue weighted by Gasteiger charge is 2.19. The van der Waals surface area contributed by atoms with Gasteiger partial charge >= 0.3 is 0 Å². The molecule has 4 rings (SSSR count). The molecule has 0 fully saturated rings. The quantitative estimate of drug-likeness (QED) is 0.655. The molecule has 0 unspecified atom stereocenters. The molecule has 0 radical (unpaired) electrons. The summed E-state index contributed by atoms with van der Waals surface area (Å²) in [5.74, 6) is 0.881. The summed E-state index contributed by atoms with van der Waals surface area (Å²) in [6.07, 6.45) is 3.20. The standard InChI is InChI=1S/C23H21NO3/c1-2-17-7-9-18(10-8-17)15-27-23-16-26-21(11-22(23)25)14-24-12-19-5-3-4-6-20(19)13-24/h2-11,16H,1,12-15H2. The van der Waals surface area contributed by atoms with Gasteiger partial charge in [-0.2, -0.15) is 0 Å². The highest BCUT2D eigenvalue weighted by atomic mass is 16.5. The van der Waals surface area contributed by atoms with Crippen LogP contribution in [0.4, 0.5) is 0 Å². The Morgan fingerprint density at radius 3 is 2.41 bits per heavy atom. The van der Waals surface area contributed by atoms with Crippen LogP contribution in [0.15, 0.2) is 76.7 Å². The lowest BCUT2D eigenvalue weighted by molar-refractivity contribution is 0.241. The fourth-order valence-corrected chi connectivity index (χ4v) is 3.27. The van der Waals surface area contributed by atoms with Crippen LogP contribution in [0.2, 0.25) is 0 Å². The molecule has 4 heteroatoms. The predicted octanol–water partition coefficient (Wildman–Crippen LogP) is 4.38. The Bertz CT molecular complexity index is 980. The topological polar surface area (TPSA) is 42.7 Å². The van der Waals surface area contributed by atoms with Gasteiger partial charge in [0.2, 0.25) is 11.2 Å². The van der Waals surface area contributed by atoms with Crippen molar-refractivity contribution in [3.63, 3.8) is 0 Å². The Morgan fingerprint density at radius 1 is 1.07 bits per heavy atom. The molecule has 1 aromatic heterocycles. The van der Waals surface area contributed by atoms with E-state index < -0.39 is 0 Å². The molecule has 27 heavy (non-hydrogen) atoms. The van der Waals surface area contributed by atoms with E-state index in [-0.39, 0.29) is 11.2 Å². The lowest BCUT2D eigenvalue weighted by Crippen LogP contribution is -2.17. The second kappa shape index (κ2) is 7.64. The first-order chi connectivity index (χ1) is 13.2. The zero-order valence-electron chi connectivity index (χ0n) is 15.1.